The number of ketones is 1. The minimum absolute atomic E-state index is 0.129. The van der Waals surface area contributed by atoms with Crippen LogP contribution in [0, 0.1) is 0 Å². The molecule has 1 aliphatic carbocycles. The minimum Gasteiger partial charge on any atom is -0.506 e. The van der Waals surface area contributed by atoms with E-state index in [1.807, 2.05) is 24.4 Å². The summed E-state index contributed by atoms with van der Waals surface area (Å²) in [5.41, 5.74) is 1.84. The maximum atomic E-state index is 11.4. The first-order valence-corrected chi connectivity index (χ1v) is 8.86. The molecule has 2 N–H and O–H groups in total. The molecule has 0 unspecified atom stereocenters. The molecule has 0 amide bonds. The Hall–Kier alpha value is -2.93. The molecule has 3 heterocycles. The molecular weight excluding hydrogens is 330 g/mol. The number of aliphatic hydroxyl groups is 1. The SMILES string of the molecule is O=C1C=C/C(=N\c2c(NCCN3CCCC3)nn3ccccc23)C(O)=C1. The number of rotatable bonds is 5. The topological polar surface area (TPSA) is 82.2 Å². The predicted octanol–water partition coefficient (Wildman–Crippen LogP) is 2.50. The maximum absolute atomic E-state index is 11.4. The number of hydrogen-bond donors (Lipinski definition) is 2. The Morgan fingerprint density at radius 3 is 2.88 bits per heavy atom. The molecule has 0 bridgehead atoms. The number of aliphatic imine (C=N–C) groups is 1. The predicted molar refractivity (Wildman–Crippen MR) is 101 cm³/mol. The van der Waals surface area contributed by atoms with Gasteiger partial charge >= 0.3 is 0 Å². The average molecular weight is 351 g/mol. The zero-order valence-electron chi connectivity index (χ0n) is 14.4. The number of aliphatic hydroxyl groups excluding tert-OH is 1. The van der Waals surface area contributed by atoms with Gasteiger partial charge in [-0.3, -0.25) is 4.79 Å². The third-order valence-electron chi connectivity index (χ3n) is 4.61. The number of anilines is 1. The summed E-state index contributed by atoms with van der Waals surface area (Å²) in [7, 11) is 0. The lowest BCUT2D eigenvalue weighted by Gasteiger charge is -2.14. The monoisotopic (exact) mass is 351 g/mol. The molecule has 2 aliphatic rings. The number of fused-ring (bicyclic) bond motifs is 1. The smallest absolute Gasteiger partial charge is 0.182 e. The first kappa shape index (κ1) is 16.5. The van der Waals surface area contributed by atoms with Crippen molar-refractivity contribution in [3.05, 3.63) is 48.4 Å². The molecule has 0 saturated carbocycles. The van der Waals surface area contributed by atoms with Crippen molar-refractivity contribution in [3.63, 3.8) is 0 Å². The summed E-state index contributed by atoms with van der Waals surface area (Å²) >= 11 is 0. The summed E-state index contributed by atoms with van der Waals surface area (Å²) in [5.74, 6) is 0.294. The number of hydrogen-bond acceptors (Lipinski definition) is 6. The van der Waals surface area contributed by atoms with E-state index >= 15 is 0 Å². The standard InChI is InChI=1S/C19H21N5O2/c25-14-6-7-15(17(26)13-14)21-18-16-5-1-2-11-24(16)22-19(18)20-8-12-23-9-3-4-10-23/h1-2,5-7,11,13,26H,3-4,8-10,12H2,(H,20,22)/b21-15+. The molecule has 1 saturated heterocycles. The molecule has 7 heteroatoms. The molecule has 0 radical (unpaired) electrons. The average Bonchev–Trinajstić information content (AvgIpc) is 3.26. The molecule has 0 aromatic carbocycles. The normalized spacial score (nSPS) is 19.5. The second kappa shape index (κ2) is 7.13. The van der Waals surface area contributed by atoms with Gasteiger partial charge in [0.1, 0.15) is 17.2 Å². The fourth-order valence-corrected chi connectivity index (χ4v) is 3.27. The fraction of sp³-hybridized carbons (Fsp3) is 0.316. The maximum Gasteiger partial charge on any atom is 0.182 e. The molecule has 4 rings (SSSR count). The van der Waals surface area contributed by atoms with E-state index < -0.39 is 0 Å². The lowest BCUT2D eigenvalue weighted by atomic mass is 10.1. The molecule has 0 atom stereocenters. The van der Waals surface area contributed by atoms with Crippen molar-refractivity contribution in [1.82, 2.24) is 14.5 Å². The van der Waals surface area contributed by atoms with Crippen molar-refractivity contribution in [1.29, 1.82) is 0 Å². The second-order valence-electron chi connectivity index (χ2n) is 6.47. The van der Waals surface area contributed by atoms with Crippen molar-refractivity contribution in [3.8, 4) is 0 Å². The van der Waals surface area contributed by atoms with Crippen LogP contribution in [-0.4, -0.2) is 57.3 Å². The molecule has 2 aromatic heterocycles. The van der Waals surface area contributed by atoms with E-state index in [4.69, 9.17) is 0 Å². The van der Waals surface area contributed by atoms with Crippen LogP contribution in [0.3, 0.4) is 0 Å². The highest BCUT2D eigenvalue weighted by molar-refractivity contribution is 6.19. The van der Waals surface area contributed by atoms with Crippen molar-refractivity contribution in [2.75, 3.05) is 31.5 Å². The fourth-order valence-electron chi connectivity index (χ4n) is 3.27. The van der Waals surface area contributed by atoms with Crippen LogP contribution in [0.1, 0.15) is 12.8 Å². The van der Waals surface area contributed by atoms with E-state index in [2.05, 4.69) is 20.3 Å². The zero-order chi connectivity index (χ0) is 17.9. The van der Waals surface area contributed by atoms with Gasteiger partial charge < -0.3 is 15.3 Å². The minimum atomic E-state index is -0.245. The Kier molecular flexibility index (Phi) is 4.53. The lowest BCUT2D eigenvalue weighted by Crippen LogP contribution is -2.26. The highest BCUT2D eigenvalue weighted by Gasteiger charge is 2.16. The Morgan fingerprint density at radius 1 is 1.23 bits per heavy atom. The van der Waals surface area contributed by atoms with Gasteiger partial charge in [0.05, 0.1) is 5.52 Å². The second-order valence-corrected chi connectivity index (χ2v) is 6.47. The quantitative estimate of drug-likeness (QED) is 0.809. The largest absolute Gasteiger partial charge is 0.506 e. The van der Waals surface area contributed by atoms with Gasteiger partial charge in [0.15, 0.2) is 11.6 Å². The molecule has 2 aromatic rings. The van der Waals surface area contributed by atoms with Crippen molar-refractivity contribution >= 4 is 28.5 Å². The third kappa shape index (κ3) is 3.39. The van der Waals surface area contributed by atoms with Gasteiger partial charge in [0.25, 0.3) is 0 Å². The Balaban J connectivity index is 1.62. The molecule has 1 fully saturated rings. The van der Waals surface area contributed by atoms with Crippen LogP contribution in [0.5, 0.6) is 0 Å². The summed E-state index contributed by atoms with van der Waals surface area (Å²) in [6.45, 7) is 4.04. The van der Waals surface area contributed by atoms with Crippen LogP contribution in [0.4, 0.5) is 11.5 Å². The van der Waals surface area contributed by atoms with Crippen LogP contribution in [0.15, 0.2) is 53.4 Å². The number of pyridine rings is 1. The molecule has 7 nitrogen and oxygen atoms in total. The van der Waals surface area contributed by atoms with E-state index in [-0.39, 0.29) is 11.5 Å². The van der Waals surface area contributed by atoms with E-state index in [0.29, 0.717) is 17.2 Å². The summed E-state index contributed by atoms with van der Waals surface area (Å²) < 4.78 is 1.76. The molecule has 134 valence electrons. The van der Waals surface area contributed by atoms with E-state index in [0.717, 1.165) is 31.7 Å². The third-order valence-corrected chi connectivity index (χ3v) is 4.61. The Labute approximate surface area is 151 Å². The van der Waals surface area contributed by atoms with E-state index in [1.165, 1.54) is 31.1 Å². The van der Waals surface area contributed by atoms with Crippen LogP contribution in [0.25, 0.3) is 5.52 Å². The summed E-state index contributed by atoms with van der Waals surface area (Å²) in [4.78, 5) is 18.4. The lowest BCUT2D eigenvalue weighted by molar-refractivity contribution is -0.110. The number of carbonyl (C=O) groups excluding carboxylic acids is 1. The first-order chi connectivity index (χ1) is 12.7. The van der Waals surface area contributed by atoms with E-state index in [1.54, 1.807) is 4.52 Å². The highest BCUT2D eigenvalue weighted by atomic mass is 16.3. The van der Waals surface area contributed by atoms with Gasteiger partial charge in [-0.15, -0.1) is 5.10 Å². The number of likely N-dealkylation sites (tertiary alicyclic amines) is 1. The van der Waals surface area contributed by atoms with E-state index in [9.17, 15) is 9.90 Å². The number of aromatic nitrogens is 2. The van der Waals surface area contributed by atoms with Gasteiger partial charge in [-0.25, -0.2) is 9.51 Å². The number of nitrogens with zero attached hydrogens (tertiary/aromatic N) is 4. The molecule has 0 spiro atoms. The Morgan fingerprint density at radius 2 is 2.08 bits per heavy atom. The number of allylic oxidation sites excluding steroid dienone is 3. The van der Waals surface area contributed by atoms with Gasteiger partial charge in [0.2, 0.25) is 0 Å². The summed E-state index contributed by atoms with van der Waals surface area (Å²) in [6, 6.07) is 5.75. The van der Waals surface area contributed by atoms with Crippen LogP contribution < -0.4 is 5.32 Å². The molecular formula is C19H21N5O2. The van der Waals surface area contributed by atoms with Gasteiger partial charge in [-0.2, -0.15) is 0 Å². The van der Waals surface area contributed by atoms with Crippen LogP contribution in [-0.2, 0) is 4.79 Å². The van der Waals surface area contributed by atoms with Gasteiger partial charge in [0, 0.05) is 25.4 Å². The van der Waals surface area contributed by atoms with Gasteiger partial charge in [-0.1, -0.05) is 6.07 Å². The zero-order valence-corrected chi connectivity index (χ0v) is 14.4. The number of nitrogens with one attached hydrogen (secondary N) is 1. The van der Waals surface area contributed by atoms with Gasteiger partial charge in [-0.05, 0) is 50.2 Å². The summed E-state index contributed by atoms with van der Waals surface area (Å²) in [5, 5.41) is 18.0. The van der Waals surface area contributed by atoms with Crippen molar-refractivity contribution in [2.24, 2.45) is 4.99 Å². The summed E-state index contributed by atoms with van der Waals surface area (Å²) in [6.07, 6.45) is 8.49. The van der Waals surface area contributed by atoms with Crippen LogP contribution in [0.2, 0.25) is 0 Å². The first-order valence-electron chi connectivity index (χ1n) is 8.86. The molecule has 1 aliphatic heterocycles. The van der Waals surface area contributed by atoms with Crippen molar-refractivity contribution in [2.45, 2.75) is 12.8 Å². The Bertz CT molecular complexity index is 919. The van der Waals surface area contributed by atoms with Crippen molar-refractivity contribution < 1.29 is 9.90 Å². The number of carbonyl (C=O) groups is 1. The highest BCUT2D eigenvalue weighted by Crippen LogP contribution is 2.30. The molecule has 26 heavy (non-hydrogen) atoms. The van der Waals surface area contributed by atoms with Crippen LogP contribution >= 0.6 is 0 Å².